The third-order valence-electron chi connectivity index (χ3n) is 6.18. The van der Waals surface area contributed by atoms with Gasteiger partial charge in [0.05, 0.1) is 28.8 Å². The minimum absolute atomic E-state index is 0.0265. The van der Waals surface area contributed by atoms with Crippen molar-refractivity contribution in [2.75, 3.05) is 0 Å². The molecule has 2 atom stereocenters. The Hall–Kier alpha value is -3.30. The fraction of sp³-hybridized carbons (Fsp3) is 0.304. The van der Waals surface area contributed by atoms with Crippen LogP contribution in [-0.4, -0.2) is 31.8 Å². The molecule has 0 spiro atoms. The summed E-state index contributed by atoms with van der Waals surface area (Å²) in [5, 5.41) is 9.55. The molecule has 0 aliphatic heterocycles. The smallest absolute Gasteiger partial charge is 0.398 e. The fourth-order valence-corrected chi connectivity index (χ4v) is 4.08. The average Bonchev–Trinajstić information content (AvgIpc) is 3.36. The third kappa shape index (κ3) is 3.57. The average molecular weight is 465 g/mol. The second kappa shape index (κ2) is 7.10. The molecule has 2 heterocycles. The number of allylic oxidation sites excluding steroid dienone is 4. The lowest BCUT2D eigenvalue weighted by molar-refractivity contribution is -0.171. The molecule has 33 heavy (non-hydrogen) atoms. The van der Waals surface area contributed by atoms with Gasteiger partial charge in [-0.05, 0) is 24.5 Å². The van der Waals surface area contributed by atoms with Gasteiger partial charge in [-0.15, -0.1) is 0 Å². The summed E-state index contributed by atoms with van der Waals surface area (Å²) < 4.78 is 84.5. The van der Waals surface area contributed by atoms with E-state index in [0.29, 0.717) is 5.69 Å². The van der Waals surface area contributed by atoms with Crippen molar-refractivity contribution in [3.63, 3.8) is 0 Å². The summed E-state index contributed by atoms with van der Waals surface area (Å²) in [4.78, 5) is 8.67. The number of hydrogen-bond donors (Lipinski definition) is 1. The first-order valence-corrected chi connectivity index (χ1v) is 10.2. The Bertz CT molecular complexity index is 1310. The number of imidazole rings is 1. The van der Waals surface area contributed by atoms with Crippen molar-refractivity contribution in [3.8, 4) is 17.0 Å². The van der Waals surface area contributed by atoms with Gasteiger partial charge in [0.15, 0.2) is 5.65 Å². The SMILES string of the molecule is CC1(c2nc3cnc(C4=CC(C(F)(F)F)C(F)C=C4)cn3c2-c2c(F)cc(O)cc2F)CC1. The molecule has 10 heteroatoms. The summed E-state index contributed by atoms with van der Waals surface area (Å²) in [5.41, 5.74) is 0.0234. The van der Waals surface area contributed by atoms with Gasteiger partial charge in [-0.2, -0.15) is 13.2 Å². The molecule has 1 saturated carbocycles. The maximum atomic E-state index is 14.8. The first kappa shape index (κ1) is 21.5. The molecule has 172 valence electrons. The molecule has 0 amide bonds. The van der Waals surface area contributed by atoms with Gasteiger partial charge in [0.1, 0.15) is 29.5 Å². The largest absolute Gasteiger partial charge is 0.508 e. The number of phenolic OH excluding ortho intramolecular Hbond substituents is 1. The quantitative estimate of drug-likeness (QED) is 0.490. The molecule has 2 aromatic heterocycles. The monoisotopic (exact) mass is 465 g/mol. The van der Waals surface area contributed by atoms with Gasteiger partial charge in [-0.3, -0.25) is 9.38 Å². The van der Waals surface area contributed by atoms with Gasteiger partial charge >= 0.3 is 6.18 Å². The number of hydrogen-bond acceptors (Lipinski definition) is 3. The van der Waals surface area contributed by atoms with Crippen LogP contribution >= 0.6 is 0 Å². The van der Waals surface area contributed by atoms with E-state index in [1.807, 2.05) is 6.92 Å². The highest BCUT2D eigenvalue weighted by atomic mass is 19.4. The van der Waals surface area contributed by atoms with Crippen molar-refractivity contribution in [1.82, 2.24) is 14.4 Å². The maximum Gasteiger partial charge on any atom is 0.398 e. The number of aromatic hydroxyl groups is 1. The minimum Gasteiger partial charge on any atom is -0.508 e. The van der Waals surface area contributed by atoms with E-state index in [2.05, 4.69) is 9.97 Å². The molecule has 5 rings (SSSR count). The fourth-order valence-electron chi connectivity index (χ4n) is 4.08. The number of fused-ring (bicyclic) bond motifs is 1. The molecule has 2 aliphatic rings. The van der Waals surface area contributed by atoms with Crippen molar-refractivity contribution < 1.29 is 31.4 Å². The van der Waals surface area contributed by atoms with Crippen molar-refractivity contribution in [3.05, 3.63) is 65.8 Å². The van der Waals surface area contributed by atoms with E-state index in [4.69, 9.17) is 0 Å². The number of alkyl halides is 4. The Morgan fingerprint density at radius 3 is 2.42 bits per heavy atom. The van der Waals surface area contributed by atoms with Crippen molar-refractivity contribution >= 4 is 11.2 Å². The molecular formula is C23H17F6N3O. The minimum atomic E-state index is -4.79. The Balaban J connectivity index is 1.73. The molecule has 2 aliphatic carbocycles. The second-order valence-corrected chi connectivity index (χ2v) is 8.65. The van der Waals surface area contributed by atoms with Crippen LogP contribution in [0.15, 0.2) is 42.8 Å². The predicted octanol–water partition coefficient (Wildman–Crippen LogP) is 5.90. The third-order valence-corrected chi connectivity index (χ3v) is 6.18. The van der Waals surface area contributed by atoms with E-state index in [1.165, 1.54) is 22.9 Å². The number of rotatable bonds is 3. The molecule has 1 N–H and O–H groups in total. The molecule has 1 fully saturated rings. The summed E-state index contributed by atoms with van der Waals surface area (Å²) >= 11 is 0. The van der Waals surface area contributed by atoms with Crippen LogP contribution in [-0.2, 0) is 5.41 Å². The van der Waals surface area contributed by atoms with Crippen LogP contribution in [0.25, 0.3) is 22.5 Å². The highest BCUT2D eigenvalue weighted by Crippen LogP contribution is 2.51. The van der Waals surface area contributed by atoms with Crippen LogP contribution in [0.1, 0.15) is 31.2 Å². The van der Waals surface area contributed by atoms with Crippen molar-refractivity contribution in [1.29, 1.82) is 0 Å². The predicted molar refractivity (Wildman–Crippen MR) is 108 cm³/mol. The number of aromatic nitrogens is 3. The number of nitrogens with zero attached hydrogens (tertiary/aromatic N) is 3. The van der Waals surface area contributed by atoms with Crippen molar-refractivity contribution in [2.24, 2.45) is 5.92 Å². The molecule has 2 unspecified atom stereocenters. The summed E-state index contributed by atoms with van der Waals surface area (Å²) in [6.45, 7) is 1.89. The zero-order chi connectivity index (χ0) is 23.7. The van der Waals surface area contributed by atoms with Gasteiger partial charge in [0.25, 0.3) is 0 Å². The lowest BCUT2D eigenvalue weighted by Crippen LogP contribution is -2.30. The van der Waals surface area contributed by atoms with Gasteiger partial charge in [0.2, 0.25) is 0 Å². The van der Waals surface area contributed by atoms with Gasteiger partial charge in [-0.1, -0.05) is 19.1 Å². The Kier molecular flexibility index (Phi) is 4.63. The van der Waals surface area contributed by atoms with E-state index in [0.717, 1.165) is 37.1 Å². The first-order valence-electron chi connectivity index (χ1n) is 10.2. The van der Waals surface area contributed by atoms with Crippen LogP contribution in [0.4, 0.5) is 26.3 Å². The van der Waals surface area contributed by atoms with E-state index in [1.54, 1.807) is 0 Å². The zero-order valence-electron chi connectivity index (χ0n) is 17.2. The molecule has 0 bridgehead atoms. The summed E-state index contributed by atoms with van der Waals surface area (Å²) in [7, 11) is 0. The molecule has 1 aromatic carbocycles. The highest BCUT2D eigenvalue weighted by Gasteiger charge is 2.45. The van der Waals surface area contributed by atoms with Crippen LogP contribution in [0, 0.1) is 17.6 Å². The van der Waals surface area contributed by atoms with Crippen LogP contribution in [0.5, 0.6) is 5.75 Å². The molecule has 0 radical (unpaired) electrons. The van der Waals surface area contributed by atoms with Gasteiger partial charge in [-0.25, -0.2) is 18.2 Å². The van der Waals surface area contributed by atoms with Gasteiger partial charge in [0, 0.05) is 23.7 Å². The molecule has 3 aromatic rings. The topological polar surface area (TPSA) is 50.4 Å². The van der Waals surface area contributed by atoms with Crippen LogP contribution in [0.2, 0.25) is 0 Å². The Labute approximate surface area is 183 Å². The van der Waals surface area contributed by atoms with Gasteiger partial charge < -0.3 is 5.11 Å². The van der Waals surface area contributed by atoms with E-state index in [-0.39, 0.29) is 22.6 Å². The van der Waals surface area contributed by atoms with E-state index < -0.39 is 46.6 Å². The highest BCUT2D eigenvalue weighted by molar-refractivity contribution is 5.76. The normalized spacial score (nSPS) is 22.0. The number of phenols is 1. The Morgan fingerprint density at radius 2 is 1.82 bits per heavy atom. The maximum absolute atomic E-state index is 14.8. The number of benzene rings is 1. The Morgan fingerprint density at radius 1 is 1.15 bits per heavy atom. The lowest BCUT2D eigenvalue weighted by Gasteiger charge is -2.22. The van der Waals surface area contributed by atoms with Crippen LogP contribution in [0.3, 0.4) is 0 Å². The zero-order valence-corrected chi connectivity index (χ0v) is 17.2. The first-order chi connectivity index (χ1) is 15.5. The second-order valence-electron chi connectivity index (χ2n) is 8.65. The summed E-state index contributed by atoms with van der Waals surface area (Å²) in [6, 6.07) is 1.56. The lowest BCUT2D eigenvalue weighted by atomic mass is 9.92. The molecule has 4 nitrogen and oxygen atoms in total. The van der Waals surface area contributed by atoms with E-state index >= 15 is 0 Å². The number of halogens is 6. The summed E-state index contributed by atoms with van der Waals surface area (Å²) in [5.74, 6) is -4.93. The standard InChI is InChI=1S/C23H17F6N3O/c1-22(4-5-22)21-20(19-15(25)7-12(33)8-16(19)26)32-10-17(30-9-18(32)31-21)11-2-3-14(24)13(6-11)23(27,28)29/h2-3,6-10,13-14,33H,4-5H2,1H3. The van der Waals surface area contributed by atoms with Crippen molar-refractivity contribution in [2.45, 2.75) is 37.5 Å². The van der Waals surface area contributed by atoms with Crippen LogP contribution < -0.4 is 0 Å². The molecular weight excluding hydrogens is 448 g/mol. The molecule has 0 saturated heterocycles. The van der Waals surface area contributed by atoms with E-state index in [9.17, 15) is 31.4 Å². The summed E-state index contributed by atoms with van der Waals surface area (Å²) in [6.07, 6.45) is -0.139.